The molecule has 0 saturated carbocycles. The average molecular weight is 479 g/mol. The van der Waals surface area contributed by atoms with E-state index in [0.29, 0.717) is 22.2 Å². The molecule has 0 bridgehead atoms. The van der Waals surface area contributed by atoms with E-state index in [9.17, 15) is 9.59 Å². The Balaban J connectivity index is 2.22. The second-order valence-electron chi connectivity index (χ2n) is 7.51. The summed E-state index contributed by atoms with van der Waals surface area (Å²) in [7, 11) is 0. The molecular weight excluding hydrogens is 452 g/mol. The quantitative estimate of drug-likeness (QED) is 0.555. The van der Waals surface area contributed by atoms with Crippen LogP contribution in [0.4, 0.5) is 0 Å². The van der Waals surface area contributed by atoms with Gasteiger partial charge in [-0.1, -0.05) is 23.5 Å². The lowest BCUT2D eigenvalue weighted by molar-refractivity contribution is 0.280. The van der Waals surface area contributed by atoms with Crippen LogP contribution in [0.3, 0.4) is 0 Å². The van der Waals surface area contributed by atoms with Crippen LogP contribution in [0.2, 0.25) is 0 Å². The van der Waals surface area contributed by atoms with Gasteiger partial charge in [-0.2, -0.15) is 9.35 Å². The largest absolute Gasteiger partial charge is 0.296 e. The van der Waals surface area contributed by atoms with Gasteiger partial charge in [0.15, 0.2) is 0 Å². The molecule has 32 heavy (non-hydrogen) atoms. The standard InChI is InChI=1S/C18H26N10O2S2/c1-9(2)25-15(23-27-13(29)11(5)19-21-17(27)31-7)26(10(3)4)16(25)24-28-14(30)12(6)20-22-18(28)32-8/h9-10H,1-8H3. The number of nitrogens with zero attached hydrogens (tertiary/aromatic N) is 10. The molecule has 0 N–H and O–H groups in total. The number of guanidine groups is 2. The minimum Gasteiger partial charge on any atom is -0.276 e. The van der Waals surface area contributed by atoms with Crippen molar-refractivity contribution in [2.45, 2.75) is 63.9 Å². The molecule has 1 saturated heterocycles. The molecule has 0 radical (unpaired) electrons. The fourth-order valence-electron chi connectivity index (χ4n) is 2.98. The highest BCUT2D eigenvalue weighted by molar-refractivity contribution is 7.98. The molecule has 0 amide bonds. The average Bonchev–Trinajstić information content (AvgIpc) is 2.72. The van der Waals surface area contributed by atoms with Crippen molar-refractivity contribution in [1.82, 2.24) is 39.5 Å². The third-order valence-corrected chi connectivity index (χ3v) is 5.82. The van der Waals surface area contributed by atoms with E-state index in [1.54, 1.807) is 26.4 Å². The lowest BCUT2D eigenvalue weighted by Crippen LogP contribution is -2.70. The van der Waals surface area contributed by atoms with Crippen molar-refractivity contribution in [1.29, 1.82) is 0 Å². The lowest BCUT2D eigenvalue weighted by Gasteiger charge is -2.49. The number of thioether (sulfide) groups is 2. The van der Waals surface area contributed by atoms with E-state index in [1.165, 1.54) is 32.9 Å². The highest BCUT2D eigenvalue weighted by Gasteiger charge is 2.44. The van der Waals surface area contributed by atoms with Crippen molar-refractivity contribution < 1.29 is 0 Å². The van der Waals surface area contributed by atoms with Gasteiger partial charge in [-0.05, 0) is 54.1 Å². The van der Waals surface area contributed by atoms with Gasteiger partial charge in [-0.15, -0.1) is 30.6 Å². The molecule has 0 unspecified atom stereocenters. The van der Waals surface area contributed by atoms with Crippen LogP contribution in [-0.4, -0.2) is 76.1 Å². The fraction of sp³-hybridized carbons (Fsp3) is 0.556. The van der Waals surface area contributed by atoms with Crippen molar-refractivity contribution in [2.24, 2.45) is 10.2 Å². The van der Waals surface area contributed by atoms with E-state index in [-0.39, 0.29) is 34.6 Å². The number of aryl methyl sites for hydroxylation is 2. The van der Waals surface area contributed by atoms with Crippen molar-refractivity contribution in [3.63, 3.8) is 0 Å². The van der Waals surface area contributed by atoms with Gasteiger partial charge < -0.3 is 0 Å². The summed E-state index contributed by atoms with van der Waals surface area (Å²) >= 11 is 2.56. The normalized spacial score (nSPS) is 13.8. The number of aromatic nitrogens is 6. The topological polar surface area (TPSA) is 127 Å². The molecule has 3 heterocycles. The third kappa shape index (κ3) is 4.16. The molecule has 0 aromatic carbocycles. The van der Waals surface area contributed by atoms with Crippen LogP contribution >= 0.6 is 23.5 Å². The summed E-state index contributed by atoms with van der Waals surface area (Å²) in [6.45, 7) is 11.1. The third-order valence-electron chi connectivity index (χ3n) is 4.58. The summed E-state index contributed by atoms with van der Waals surface area (Å²) < 4.78 is 2.50. The first-order valence-electron chi connectivity index (χ1n) is 9.89. The summed E-state index contributed by atoms with van der Waals surface area (Å²) in [4.78, 5) is 29.2. The maximum absolute atomic E-state index is 12.7. The van der Waals surface area contributed by atoms with Crippen LogP contribution in [0.5, 0.6) is 0 Å². The van der Waals surface area contributed by atoms with Crippen molar-refractivity contribution in [2.75, 3.05) is 12.5 Å². The van der Waals surface area contributed by atoms with Crippen LogP contribution in [0.1, 0.15) is 39.1 Å². The second-order valence-corrected chi connectivity index (χ2v) is 9.05. The molecule has 0 aliphatic carbocycles. The van der Waals surface area contributed by atoms with Gasteiger partial charge in [-0.25, -0.2) is 0 Å². The van der Waals surface area contributed by atoms with Crippen LogP contribution in [0.15, 0.2) is 30.1 Å². The molecule has 2 aromatic rings. The first-order chi connectivity index (χ1) is 15.1. The predicted molar refractivity (Wildman–Crippen MR) is 125 cm³/mol. The Hall–Kier alpha value is -2.74. The zero-order valence-electron chi connectivity index (χ0n) is 19.3. The first kappa shape index (κ1) is 23.9. The van der Waals surface area contributed by atoms with E-state index < -0.39 is 0 Å². The van der Waals surface area contributed by atoms with Crippen LogP contribution in [-0.2, 0) is 0 Å². The summed E-state index contributed by atoms with van der Waals surface area (Å²) in [5, 5.41) is 26.0. The maximum Gasteiger partial charge on any atom is 0.296 e. The maximum atomic E-state index is 12.7. The van der Waals surface area contributed by atoms with E-state index in [2.05, 4.69) is 30.6 Å². The zero-order valence-corrected chi connectivity index (χ0v) is 20.9. The molecule has 3 rings (SSSR count). The number of hydrogen-bond acceptors (Lipinski definition) is 10. The fourth-order valence-corrected chi connectivity index (χ4v) is 3.82. The van der Waals surface area contributed by atoms with E-state index in [0.717, 1.165) is 0 Å². The molecule has 1 aliphatic rings. The van der Waals surface area contributed by atoms with Gasteiger partial charge in [0.05, 0.1) is 0 Å². The summed E-state index contributed by atoms with van der Waals surface area (Å²) in [5.41, 5.74) is -0.182. The summed E-state index contributed by atoms with van der Waals surface area (Å²) in [5.74, 6) is 1.05. The van der Waals surface area contributed by atoms with Crippen LogP contribution in [0, 0.1) is 13.8 Å². The van der Waals surface area contributed by atoms with E-state index in [1.807, 2.05) is 37.5 Å². The minimum absolute atomic E-state index is 0.0452. The Morgan fingerprint density at radius 1 is 0.688 bits per heavy atom. The molecule has 1 fully saturated rings. The Bertz CT molecular complexity index is 1100. The molecule has 12 nitrogen and oxygen atoms in total. The molecule has 172 valence electrons. The van der Waals surface area contributed by atoms with Gasteiger partial charge in [0.2, 0.25) is 22.2 Å². The van der Waals surface area contributed by atoms with Crippen LogP contribution < -0.4 is 11.1 Å². The molecule has 1 aliphatic heterocycles. The van der Waals surface area contributed by atoms with E-state index >= 15 is 0 Å². The first-order valence-corrected chi connectivity index (χ1v) is 12.3. The lowest BCUT2D eigenvalue weighted by atomic mass is 10.2. The summed E-state index contributed by atoms with van der Waals surface area (Å²) in [6, 6.07) is -0.0905. The minimum atomic E-state index is -0.343. The van der Waals surface area contributed by atoms with Crippen molar-refractivity contribution in [3.05, 3.63) is 32.1 Å². The second kappa shape index (κ2) is 9.40. The van der Waals surface area contributed by atoms with Crippen LogP contribution in [0.25, 0.3) is 0 Å². The van der Waals surface area contributed by atoms with Gasteiger partial charge in [0.1, 0.15) is 11.4 Å². The SMILES string of the molecule is CSc1nnc(C)c(=O)n1N=C1N(C(C)C)C(=Nn2c(SC)nnc(C)c2=O)N1C(C)C. The monoisotopic (exact) mass is 478 g/mol. The van der Waals surface area contributed by atoms with Crippen molar-refractivity contribution in [3.8, 4) is 0 Å². The Morgan fingerprint density at radius 3 is 1.31 bits per heavy atom. The molecule has 0 atom stereocenters. The molecule has 0 spiro atoms. The highest BCUT2D eigenvalue weighted by Crippen LogP contribution is 2.24. The van der Waals surface area contributed by atoms with Gasteiger partial charge >= 0.3 is 0 Å². The molecular formula is C18H26N10O2S2. The zero-order chi connectivity index (χ0) is 23.7. The van der Waals surface area contributed by atoms with Gasteiger partial charge in [0.25, 0.3) is 11.1 Å². The number of rotatable bonds is 6. The van der Waals surface area contributed by atoms with Gasteiger partial charge in [-0.3, -0.25) is 19.4 Å². The Kier molecular flexibility index (Phi) is 7.03. The molecule has 2 aromatic heterocycles. The van der Waals surface area contributed by atoms with Crippen molar-refractivity contribution >= 4 is 35.4 Å². The number of hydrogen-bond donors (Lipinski definition) is 0. The molecule has 14 heteroatoms. The Morgan fingerprint density at radius 2 is 1.03 bits per heavy atom. The predicted octanol–water partition coefficient (Wildman–Crippen LogP) is 1.02. The summed E-state index contributed by atoms with van der Waals surface area (Å²) in [6.07, 6.45) is 3.61. The Labute approximate surface area is 193 Å². The van der Waals surface area contributed by atoms with Gasteiger partial charge in [0, 0.05) is 12.1 Å². The highest BCUT2D eigenvalue weighted by atomic mass is 32.2. The smallest absolute Gasteiger partial charge is 0.276 e. The van der Waals surface area contributed by atoms with E-state index in [4.69, 9.17) is 0 Å².